The quantitative estimate of drug-likeness (QED) is 0.362. The van der Waals surface area contributed by atoms with E-state index >= 15 is 0 Å². The van der Waals surface area contributed by atoms with Crippen LogP contribution in [0.3, 0.4) is 0 Å². The molecule has 1 aromatic heterocycles. The zero-order valence-electron chi connectivity index (χ0n) is 24.3. The normalized spacial score (nSPS) is 25.7. The lowest BCUT2D eigenvalue weighted by Gasteiger charge is -2.53. The second-order valence-corrected chi connectivity index (χ2v) is 14.0. The number of hydrogen-bond donors (Lipinski definition) is 2. The SMILES string of the molecule is CCOC(=O)CC1(NS(C)(=O)=O)CC2COCC(C1)N2CC1=C(C(=O)OC)[C@H](c2ccc(F)cc2Cl)N=C(c2nccs2)N1. The minimum Gasteiger partial charge on any atom is -0.466 e. The summed E-state index contributed by atoms with van der Waals surface area (Å²) in [6, 6.07) is 2.32. The number of nitrogens with one attached hydrogen (secondary N) is 2. The van der Waals surface area contributed by atoms with E-state index in [0.29, 0.717) is 22.1 Å². The Balaban J connectivity index is 1.54. The largest absolute Gasteiger partial charge is 0.466 e. The molecule has 4 heterocycles. The van der Waals surface area contributed by atoms with Gasteiger partial charge in [0, 0.05) is 52.0 Å². The number of carbonyl (C=O) groups excluding carboxylic acids is 2. The number of benzene rings is 1. The number of fused-ring (bicyclic) bond motifs is 2. The fraction of sp³-hybridized carbons (Fsp3) is 0.500. The van der Waals surface area contributed by atoms with Gasteiger partial charge in [0.2, 0.25) is 10.0 Å². The van der Waals surface area contributed by atoms with Gasteiger partial charge in [0.1, 0.15) is 11.9 Å². The van der Waals surface area contributed by atoms with Crippen LogP contribution in [0.4, 0.5) is 4.39 Å². The molecular formula is C28H33ClFN5O7S2. The second-order valence-electron chi connectivity index (χ2n) is 11.0. The average molecular weight is 670 g/mol. The van der Waals surface area contributed by atoms with Gasteiger partial charge in [-0.3, -0.25) is 14.7 Å². The maximum absolute atomic E-state index is 14.0. The number of thiazole rings is 1. The summed E-state index contributed by atoms with van der Waals surface area (Å²) in [7, 11) is -2.42. The van der Waals surface area contributed by atoms with Crippen molar-refractivity contribution in [3.8, 4) is 0 Å². The van der Waals surface area contributed by atoms with Crippen LogP contribution in [0.15, 0.2) is 46.0 Å². The van der Waals surface area contributed by atoms with Gasteiger partial charge in [0.15, 0.2) is 10.8 Å². The van der Waals surface area contributed by atoms with E-state index in [9.17, 15) is 22.4 Å². The predicted octanol–water partition coefficient (Wildman–Crippen LogP) is 2.56. The standard InChI is InChI=1S/C28H33ClFN5O7S2/c1-4-42-22(36)12-28(34-44(3,38)39)10-17-14-41-15-18(11-28)35(17)13-21-23(27(37)40-2)24(19-6-5-16(30)9-20(19)29)33-25(32-21)26-31-7-8-43-26/h5-9,17-18,24,34H,4,10-15H2,1-3H3,(H,32,33)/t17?,18?,24-,28?/m0/s1. The van der Waals surface area contributed by atoms with Crippen molar-refractivity contribution < 1.29 is 36.6 Å². The zero-order valence-corrected chi connectivity index (χ0v) is 26.7. The van der Waals surface area contributed by atoms with Gasteiger partial charge in [-0.1, -0.05) is 17.7 Å². The summed E-state index contributed by atoms with van der Waals surface area (Å²) in [4.78, 5) is 37.3. The van der Waals surface area contributed by atoms with Crippen LogP contribution < -0.4 is 10.0 Å². The van der Waals surface area contributed by atoms with Crippen LogP contribution in [0.2, 0.25) is 5.02 Å². The first-order chi connectivity index (χ1) is 20.9. The number of hydrogen-bond acceptors (Lipinski definition) is 12. The Hall–Kier alpha value is -2.95. The third kappa shape index (κ3) is 7.13. The number of methoxy groups -OCH3 is 1. The Morgan fingerprint density at radius 2 is 2.02 bits per heavy atom. The third-order valence-corrected chi connectivity index (χ3v) is 9.68. The van der Waals surface area contributed by atoms with Gasteiger partial charge in [-0.05, 0) is 31.9 Å². The molecule has 2 saturated heterocycles. The number of ether oxygens (including phenoxy) is 3. The van der Waals surface area contributed by atoms with Crippen molar-refractivity contribution >= 4 is 50.7 Å². The molecule has 2 N–H and O–H groups in total. The van der Waals surface area contributed by atoms with Gasteiger partial charge >= 0.3 is 11.9 Å². The number of piperidine rings is 1. The molecule has 0 aliphatic carbocycles. The smallest absolute Gasteiger partial charge is 0.338 e. The topological polar surface area (TPSA) is 149 Å². The number of morpholine rings is 1. The van der Waals surface area contributed by atoms with Crippen molar-refractivity contribution in [2.45, 2.75) is 49.9 Å². The minimum absolute atomic E-state index is 0.0960. The molecule has 3 atom stereocenters. The lowest BCUT2D eigenvalue weighted by atomic mass is 9.77. The van der Waals surface area contributed by atoms with E-state index in [1.807, 2.05) is 0 Å². The zero-order chi connectivity index (χ0) is 31.6. The Morgan fingerprint density at radius 3 is 2.61 bits per heavy atom. The Morgan fingerprint density at radius 1 is 1.30 bits per heavy atom. The summed E-state index contributed by atoms with van der Waals surface area (Å²) in [5, 5.41) is 5.75. The van der Waals surface area contributed by atoms with Gasteiger partial charge in [-0.2, -0.15) is 0 Å². The first-order valence-corrected chi connectivity index (χ1v) is 17.1. The summed E-state index contributed by atoms with van der Waals surface area (Å²) in [6.07, 6.45) is 3.09. The molecular weight excluding hydrogens is 637 g/mol. The molecule has 16 heteroatoms. The number of rotatable bonds is 10. The molecule has 2 bridgehead atoms. The van der Waals surface area contributed by atoms with Crippen LogP contribution in [0.5, 0.6) is 0 Å². The van der Waals surface area contributed by atoms with E-state index in [1.54, 1.807) is 18.5 Å². The van der Waals surface area contributed by atoms with Crippen LogP contribution in [-0.2, 0) is 33.8 Å². The monoisotopic (exact) mass is 669 g/mol. The molecule has 2 fully saturated rings. The number of esters is 2. The van der Waals surface area contributed by atoms with Crippen LogP contribution in [0.25, 0.3) is 0 Å². The lowest BCUT2D eigenvalue weighted by molar-refractivity contribution is -0.148. The highest BCUT2D eigenvalue weighted by Gasteiger charge is 2.50. The summed E-state index contributed by atoms with van der Waals surface area (Å²) in [5.74, 6) is -1.27. The molecule has 1 aromatic carbocycles. The van der Waals surface area contributed by atoms with Gasteiger partial charge in [-0.25, -0.2) is 27.3 Å². The Labute approximate surface area is 263 Å². The third-order valence-electron chi connectivity index (χ3n) is 7.77. The average Bonchev–Trinajstić information content (AvgIpc) is 3.47. The van der Waals surface area contributed by atoms with Crippen LogP contribution in [0, 0.1) is 5.82 Å². The molecule has 238 valence electrons. The number of carbonyl (C=O) groups is 2. The van der Waals surface area contributed by atoms with E-state index in [1.165, 1.54) is 30.6 Å². The van der Waals surface area contributed by atoms with Gasteiger partial charge in [0.05, 0.1) is 45.2 Å². The molecule has 2 unspecified atom stereocenters. The van der Waals surface area contributed by atoms with Crippen molar-refractivity contribution in [1.29, 1.82) is 0 Å². The number of nitrogens with zero attached hydrogens (tertiary/aromatic N) is 3. The van der Waals surface area contributed by atoms with E-state index in [4.69, 9.17) is 30.8 Å². The Kier molecular flexibility index (Phi) is 9.72. The maximum atomic E-state index is 14.0. The summed E-state index contributed by atoms with van der Waals surface area (Å²) < 4.78 is 57.9. The van der Waals surface area contributed by atoms with Crippen molar-refractivity contribution in [3.63, 3.8) is 0 Å². The van der Waals surface area contributed by atoms with Crippen molar-refractivity contribution in [1.82, 2.24) is 19.9 Å². The molecule has 2 aromatic rings. The van der Waals surface area contributed by atoms with Crippen LogP contribution in [0.1, 0.15) is 42.8 Å². The van der Waals surface area contributed by atoms with E-state index < -0.39 is 39.4 Å². The molecule has 12 nitrogen and oxygen atoms in total. The summed E-state index contributed by atoms with van der Waals surface area (Å²) in [5.41, 5.74) is 0.00731. The molecule has 0 amide bonds. The number of halogens is 2. The van der Waals surface area contributed by atoms with Gasteiger partial charge < -0.3 is 19.5 Å². The van der Waals surface area contributed by atoms with E-state index in [0.717, 1.165) is 12.3 Å². The van der Waals surface area contributed by atoms with Crippen molar-refractivity contribution in [3.05, 3.63) is 62.5 Å². The minimum atomic E-state index is -3.68. The number of amidine groups is 1. The van der Waals surface area contributed by atoms with Gasteiger partial charge in [0.25, 0.3) is 0 Å². The first-order valence-electron chi connectivity index (χ1n) is 13.9. The lowest BCUT2D eigenvalue weighted by Crippen LogP contribution is -2.67. The van der Waals surface area contributed by atoms with Crippen molar-refractivity contribution in [2.75, 3.05) is 39.7 Å². The highest BCUT2D eigenvalue weighted by atomic mass is 35.5. The van der Waals surface area contributed by atoms with E-state index in [2.05, 4.69) is 19.9 Å². The fourth-order valence-electron chi connectivity index (χ4n) is 6.22. The first kappa shape index (κ1) is 32.4. The second kappa shape index (κ2) is 13.2. The molecule has 44 heavy (non-hydrogen) atoms. The fourth-order valence-corrected chi connectivity index (χ4v) is 8.11. The van der Waals surface area contributed by atoms with Crippen molar-refractivity contribution in [2.24, 2.45) is 4.99 Å². The predicted molar refractivity (Wildman–Crippen MR) is 161 cm³/mol. The summed E-state index contributed by atoms with van der Waals surface area (Å²) in [6.45, 7) is 2.62. The molecule has 3 aliphatic rings. The molecule has 0 spiro atoms. The van der Waals surface area contributed by atoms with E-state index in [-0.39, 0.29) is 68.3 Å². The summed E-state index contributed by atoms with van der Waals surface area (Å²) >= 11 is 7.83. The molecule has 5 rings (SSSR count). The van der Waals surface area contributed by atoms with Gasteiger partial charge in [-0.15, -0.1) is 11.3 Å². The molecule has 3 aliphatic heterocycles. The number of sulfonamides is 1. The highest BCUT2D eigenvalue weighted by Crippen LogP contribution is 2.40. The molecule has 0 radical (unpaired) electrons. The van der Waals surface area contributed by atoms with Crippen LogP contribution >= 0.6 is 22.9 Å². The number of aliphatic imine (C=N–C) groups is 1. The highest BCUT2D eigenvalue weighted by molar-refractivity contribution is 7.88. The molecule has 0 saturated carbocycles. The maximum Gasteiger partial charge on any atom is 0.338 e. The van der Waals surface area contributed by atoms with Crippen LogP contribution in [-0.4, -0.2) is 93.4 Å². The number of aromatic nitrogens is 1. The Bertz CT molecular complexity index is 1570.